The SMILES string of the molecule is C[C@@]12Cc3c(c(-c4nc5cc(Br)c(C#N)cc5n4COCC[Si](C)(C)C)nn3COCC[Si](C)(C)C)C[C@@H]1C2. The first kappa shape index (κ1) is 28.7. The number of nitriles is 1. The minimum Gasteiger partial charge on any atom is -0.361 e. The molecule has 0 bridgehead atoms. The first-order chi connectivity index (χ1) is 18.3. The third kappa shape index (κ3) is 6.28. The van der Waals surface area contributed by atoms with Crippen LogP contribution in [0.3, 0.4) is 0 Å². The molecule has 0 radical (unpaired) electrons. The number of benzene rings is 1. The molecule has 2 atom stereocenters. The Hall–Kier alpha value is -1.78. The lowest BCUT2D eigenvalue weighted by Crippen LogP contribution is -2.23. The molecule has 39 heavy (non-hydrogen) atoms. The first-order valence-corrected chi connectivity index (χ1v) is 22.3. The van der Waals surface area contributed by atoms with Crippen LogP contribution in [-0.4, -0.2) is 48.7 Å². The van der Waals surface area contributed by atoms with E-state index in [1.807, 2.05) is 12.1 Å². The maximum Gasteiger partial charge on any atom is 0.163 e. The lowest BCUT2D eigenvalue weighted by molar-refractivity contribution is 0.0756. The third-order valence-corrected chi connectivity index (χ3v) is 12.4. The highest BCUT2D eigenvalue weighted by atomic mass is 79.9. The second-order valence-electron chi connectivity index (χ2n) is 14.2. The van der Waals surface area contributed by atoms with Crippen molar-refractivity contribution in [2.24, 2.45) is 11.3 Å². The molecule has 0 aliphatic heterocycles. The summed E-state index contributed by atoms with van der Waals surface area (Å²) in [6.07, 6.45) is 3.34. The van der Waals surface area contributed by atoms with E-state index in [2.05, 4.69) is 77.5 Å². The van der Waals surface area contributed by atoms with Crippen LogP contribution >= 0.6 is 15.9 Å². The number of imidazole rings is 1. The van der Waals surface area contributed by atoms with Gasteiger partial charge in [-0.3, -0.25) is 4.57 Å². The number of halogens is 1. The average Bonchev–Trinajstić information content (AvgIpc) is 3.21. The summed E-state index contributed by atoms with van der Waals surface area (Å²) >= 11 is 3.55. The highest BCUT2D eigenvalue weighted by molar-refractivity contribution is 9.10. The van der Waals surface area contributed by atoms with Gasteiger partial charge in [0.1, 0.15) is 25.2 Å². The van der Waals surface area contributed by atoms with E-state index in [1.54, 1.807) is 0 Å². The molecule has 0 saturated heterocycles. The number of rotatable bonds is 11. The summed E-state index contributed by atoms with van der Waals surface area (Å²) in [5.74, 6) is 1.53. The van der Waals surface area contributed by atoms with E-state index < -0.39 is 16.1 Å². The fourth-order valence-electron chi connectivity index (χ4n) is 5.51. The number of fused-ring (bicyclic) bond motifs is 3. The van der Waals surface area contributed by atoms with Crippen LogP contribution < -0.4 is 0 Å². The molecule has 5 rings (SSSR count). The fourth-order valence-corrected chi connectivity index (χ4v) is 7.44. The van der Waals surface area contributed by atoms with Gasteiger partial charge in [-0.15, -0.1) is 0 Å². The van der Waals surface area contributed by atoms with Crippen molar-refractivity contribution < 1.29 is 9.47 Å². The van der Waals surface area contributed by atoms with Gasteiger partial charge >= 0.3 is 0 Å². The van der Waals surface area contributed by atoms with Gasteiger partial charge in [0.25, 0.3) is 0 Å². The van der Waals surface area contributed by atoms with E-state index in [0.717, 1.165) is 58.6 Å². The zero-order chi connectivity index (χ0) is 28.2. The van der Waals surface area contributed by atoms with Crippen LogP contribution in [0.2, 0.25) is 51.4 Å². The van der Waals surface area contributed by atoms with E-state index in [-0.39, 0.29) is 0 Å². The van der Waals surface area contributed by atoms with E-state index in [9.17, 15) is 5.26 Å². The monoisotopic (exact) mass is 627 g/mol. The highest BCUT2D eigenvalue weighted by Gasteiger charge is 2.54. The van der Waals surface area contributed by atoms with Gasteiger partial charge in [0.15, 0.2) is 5.82 Å². The van der Waals surface area contributed by atoms with Crippen LogP contribution in [0.15, 0.2) is 16.6 Å². The molecule has 7 nitrogen and oxygen atoms in total. The second-order valence-corrected chi connectivity index (χ2v) is 26.3. The standard InChI is InChI=1S/C29H42BrN5O2Si2/c1-29-15-21(29)13-22-26(16-29)35(19-37-9-11-39(5,6)7)33-27(22)28-32-24-14-23(30)20(17-31)12-25(24)34(28)18-36-8-10-38(2,3)4/h12,14,21H,8-11,13,15-16,18-19H2,1-7H3/t21-,29-/m1/s1. The molecule has 0 unspecified atom stereocenters. The minimum atomic E-state index is -1.21. The maximum absolute atomic E-state index is 9.71. The van der Waals surface area contributed by atoms with Crippen molar-refractivity contribution in [2.45, 2.75) is 91.0 Å². The van der Waals surface area contributed by atoms with Gasteiger partial charge in [-0.05, 0) is 70.7 Å². The van der Waals surface area contributed by atoms with Gasteiger partial charge in [0.05, 0.1) is 16.6 Å². The number of aromatic nitrogens is 4. The molecule has 0 amide bonds. The largest absolute Gasteiger partial charge is 0.361 e. The van der Waals surface area contributed by atoms with E-state index >= 15 is 0 Å². The van der Waals surface area contributed by atoms with Crippen molar-refractivity contribution in [1.82, 2.24) is 19.3 Å². The van der Waals surface area contributed by atoms with E-state index in [1.165, 1.54) is 17.7 Å². The van der Waals surface area contributed by atoms with Crippen molar-refractivity contribution in [1.29, 1.82) is 5.26 Å². The first-order valence-electron chi connectivity index (χ1n) is 14.1. The Bertz CT molecular complexity index is 1430. The molecule has 2 aliphatic carbocycles. The van der Waals surface area contributed by atoms with Crippen molar-refractivity contribution in [3.63, 3.8) is 0 Å². The van der Waals surface area contributed by atoms with Crippen LogP contribution in [0.4, 0.5) is 0 Å². The normalized spacial score (nSPS) is 20.6. The lowest BCUT2D eigenvalue weighted by Gasteiger charge is -2.20. The average molecular weight is 629 g/mol. The third-order valence-electron chi connectivity index (χ3n) is 8.32. The Morgan fingerprint density at radius 1 is 1.08 bits per heavy atom. The summed E-state index contributed by atoms with van der Waals surface area (Å²) in [5, 5.41) is 14.9. The molecule has 1 aromatic carbocycles. The molecule has 2 aliphatic rings. The van der Waals surface area contributed by atoms with Gasteiger partial charge < -0.3 is 9.47 Å². The van der Waals surface area contributed by atoms with Crippen molar-refractivity contribution in [3.05, 3.63) is 33.4 Å². The number of ether oxygens (including phenoxy) is 2. The topological polar surface area (TPSA) is 77.9 Å². The Labute approximate surface area is 243 Å². The zero-order valence-electron chi connectivity index (χ0n) is 24.5. The van der Waals surface area contributed by atoms with Crippen molar-refractivity contribution >= 4 is 43.1 Å². The quantitative estimate of drug-likeness (QED) is 0.165. The number of hydrogen-bond donors (Lipinski definition) is 0. The molecular formula is C29H42BrN5O2Si2. The molecule has 1 saturated carbocycles. The summed E-state index contributed by atoms with van der Waals surface area (Å²) < 4.78 is 17.4. The summed E-state index contributed by atoms with van der Waals surface area (Å²) in [7, 11) is -2.37. The van der Waals surface area contributed by atoms with Crippen molar-refractivity contribution in [3.8, 4) is 17.6 Å². The molecule has 2 aromatic heterocycles. The molecule has 210 valence electrons. The Kier molecular flexibility index (Phi) is 7.79. The second kappa shape index (κ2) is 10.6. The summed E-state index contributed by atoms with van der Waals surface area (Å²) in [6.45, 7) is 19.0. The van der Waals surface area contributed by atoms with E-state index in [0.29, 0.717) is 37.0 Å². The van der Waals surface area contributed by atoms with Crippen LogP contribution in [0.5, 0.6) is 0 Å². The van der Waals surface area contributed by atoms with Crippen LogP contribution in [0, 0.1) is 22.7 Å². The van der Waals surface area contributed by atoms with Gasteiger partial charge in [0.2, 0.25) is 0 Å². The van der Waals surface area contributed by atoms with Crippen LogP contribution in [-0.2, 0) is 35.8 Å². The molecule has 3 aromatic rings. The molecule has 1 fully saturated rings. The predicted molar refractivity (Wildman–Crippen MR) is 165 cm³/mol. The van der Waals surface area contributed by atoms with Gasteiger partial charge in [0, 0.05) is 45.1 Å². The van der Waals surface area contributed by atoms with E-state index in [4.69, 9.17) is 19.6 Å². The zero-order valence-corrected chi connectivity index (χ0v) is 28.1. The molecule has 0 spiro atoms. The Balaban J connectivity index is 1.53. The summed E-state index contributed by atoms with van der Waals surface area (Å²) in [4.78, 5) is 5.09. The molecule has 10 heteroatoms. The summed E-state index contributed by atoms with van der Waals surface area (Å²) in [5.41, 5.74) is 6.26. The van der Waals surface area contributed by atoms with Gasteiger partial charge in [-0.1, -0.05) is 46.2 Å². The van der Waals surface area contributed by atoms with Crippen LogP contribution in [0.25, 0.3) is 22.6 Å². The van der Waals surface area contributed by atoms with Crippen molar-refractivity contribution in [2.75, 3.05) is 13.2 Å². The lowest BCUT2D eigenvalue weighted by atomic mass is 9.87. The summed E-state index contributed by atoms with van der Waals surface area (Å²) in [6, 6.07) is 8.40. The minimum absolute atomic E-state index is 0.382. The van der Waals surface area contributed by atoms with Crippen LogP contribution in [0.1, 0.15) is 30.2 Å². The van der Waals surface area contributed by atoms with Gasteiger partial charge in [-0.25, -0.2) is 9.67 Å². The maximum atomic E-state index is 9.71. The smallest absolute Gasteiger partial charge is 0.163 e. The Morgan fingerprint density at radius 3 is 2.38 bits per heavy atom. The molecule has 0 N–H and O–H groups in total. The predicted octanol–water partition coefficient (Wildman–Crippen LogP) is 7.28. The number of hydrogen-bond acceptors (Lipinski definition) is 5. The Morgan fingerprint density at radius 2 is 1.74 bits per heavy atom. The van der Waals surface area contributed by atoms with Gasteiger partial charge in [-0.2, -0.15) is 10.4 Å². The molecule has 2 heterocycles. The fraction of sp³-hybridized carbons (Fsp3) is 0.621. The molecular weight excluding hydrogens is 586 g/mol. The highest BCUT2D eigenvalue weighted by Crippen LogP contribution is 2.60. The number of nitrogens with zero attached hydrogens (tertiary/aromatic N) is 5.